The standard InChI is InChI=1S/C11H9FN4O2S/c12-6-1-2-8(7(3-6)10(13)16-18)15-11(17)9-4-14-5-19-9/h1-5,18H,(H2,13,16)(H,15,17). The molecule has 6 nitrogen and oxygen atoms in total. The summed E-state index contributed by atoms with van der Waals surface area (Å²) in [6.45, 7) is 0. The predicted octanol–water partition coefficient (Wildman–Crippen LogP) is 1.63. The van der Waals surface area contributed by atoms with Crippen LogP contribution in [-0.2, 0) is 0 Å². The van der Waals surface area contributed by atoms with Gasteiger partial charge in [0.2, 0.25) is 0 Å². The average Bonchev–Trinajstić information content (AvgIpc) is 2.94. The molecule has 0 saturated heterocycles. The summed E-state index contributed by atoms with van der Waals surface area (Å²) in [6.07, 6.45) is 1.41. The van der Waals surface area contributed by atoms with Crippen molar-refractivity contribution in [1.29, 1.82) is 0 Å². The summed E-state index contributed by atoms with van der Waals surface area (Å²) < 4.78 is 13.1. The second kappa shape index (κ2) is 5.44. The molecule has 2 rings (SSSR count). The van der Waals surface area contributed by atoms with E-state index in [1.54, 1.807) is 0 Å². The molecular weight excluding hydrogens is 271 g/mol. The molecule has 2 aromatic rings. The Labute approximate surface area is 111 Å². The van der Waals surface area contributed by atoms with E-state index in [0.717, 1.165) is 12.1 Å². The van der Waals surface area contributed by atoms with Crippen LogP contribution in [-0.4, -0.2) is 21.9 Å². The molecule has 0 fully saturated rings. The van der Waals surface area contributed by atoms with Gasteiger partial charge in [-0.05, 0) is 18.2 Å². The third-order valence-electron chi connectivity index (χ3n) is 2.27. The number of anilines is 1. The van der Waals surface area contributed by atoms with Crippen molar-refractivity contribution in [3.63, 3.8) is 0 Å². The molecule has 0 aliphatic carbocycles. The van der Waals surface area contributed by atoms with Gasteiger partial charge < -0.3 is 16.3 Å². The number of nitrogens with one attached hydrogen (secondary N) is 1. The topological polar surface area (TPSA) is 101 Å². The predicted molar refractivity (Wildman–Crippen MR) is 69.0 cm³/mol. The number of amides is 1. The molecule has 4 N–H and O–H groups in total. The van der Waals surface area contributed by atoms with Gasteiger partial charge in [0.25, 0.3) is 5.91 Å². The van der Waals surface area contributed by atoms with Crippen molar-refractivity contribution >= 4 is 28.8 Å². The SMILES string of the molecule is N/C(=N/O)c1cc(F)ccc1NC(=O)c1cncs1. The number of amidine groups is 1. The number of benzene rings is 1. The van der Waals surface area contributed by atoms with E-state index in [1.807, 2.05) is 0 Å². The number of oxime groups is 1. The van der Waals surface area contributed by atoms with Crippen molar-refractivity contribution in [1.82, 2.24) is 4.98 Å². The number of rotatable bonds is 3. The monoisotopic (exact) mass is 280 g/mol. The zero-order chi connectivity index (χ0) is 13.8. The first-order valence-electron chi connectivity index (χ1n) is 5.09. The van der Waals surface area contributed by atoms with Crippen molar-refractivity contribution in [3.8, 4) is 0 Å². The lowest BCUT2D eigenvalue weighted by atomic mass is 10.1. The molecule has 19 heavy (non-hydrogen) atoms. The Kier molecular flexibility index (Phi) is 3.71. The molecule has 0 spiro atoms. The number of carbonyl (C=O) groups excluding carboxylic acids is 1. The lowest BCUT2D eigenvalue weighted by Gasteiger charge is -2.09. The lowest BCUT2D eigenvalue weighted by Crippen LogP contribution is -2.19. The molecule has 0 saturated carbocycles. The first-order chi connectivity index (χ1) is 9.11. The van der Waals surface area contributed by atoms with Crippen molar-refractivity contribution in [2.75, 3.05) is 5.32 Å². The average molecular weight is 280 g/mol. The largest absolute Gasteiger partial charge is 0.409 e. The fourth-order valence-electron chi connectivity index (χ4n) is 1.40. The van der Waals surface area contributed by atoms with E-state index in [1.165, 1.54) is 29.1 Å². The molecule has 1 aromatic carbocycles. The molecule has 0 radical (unpaired) electrons. The number of thiazole rings is 1. The van der Waals surface area contributed by atoms with Crippen molar-refractivity contribution in [2.45, 2.75) is 0 Å². The highest BCUT2D eigenvalue weighted by Gasteiger charge is 2.13. The minimum absolute atomic E-state index is 0.0976. The Morgan fingerprint density at radius 2 is 2.32 bits per heavy atom. The van der Waals surface area contributed by atoms with Crippen molar-refractivity contribution in [3.05, 3.63) is 46.2 Å². The van der Waals surface area contributed by atoms with E-state index in [4.69, 9.17) is 10.9 Å². The second-order valence-electron chi connectivity index (χ2n) is 3.49. The molecule has 0 bridgehead atoms. The molecule has 98 valence electrons. The molecule has 0 unspecified atom stereocenters. The van der Waals surface area contributed by atoms with Gasteiger partial charge >= 0.3 is 0 Å². The Morgan fingerprint density at radius 1 is 1.53 bits per heavy atom. The van der Waals surface area contributed by atoms with Crippen LogP contribution in [0.15, 0.2) is 35.1 Å². The summed E-state index contributed by atoms with van der Waals surface area (Å²) in [5.74, 6) is -1.25. The summed E-state index contributed by atoms with van der Waals surface area (Å²) >= 11 is 1.17. The maximum Gasteiger partial charge on any atom is 0.267 e. The number of nitrogens with zero attached hydrogens (tertiary/aromatic N) is 2. The Morgan fingerprint density at radius 3 is 2.95 bits per heavy atom. The number of halogens is 1. The summed E-state index contributed by atoms with van der Waals surface area (Å²) in [5.41, 5.74) is 7.29. The molecule has 1 amide bonds. The van der Waals surface area contributed by atoms with Gasteiger partial charge in [0.05, 0.1) is 17.4 Å². The van der Waals surface area contributed by atoms with Crippen LogP contribution in [0.2, 0.25) is 0 Å². The fourth-order valence-corrected chi connectivity index (χ4v) is 1.92. The van der Waals surface area contributed by atoms with Crippen LogP contribution in [0, 0.1) is 5.82 Å². The van der Waals surface area contributed by atoms with Gasteiger partial charge in [-0.3, -0.25) is 9.78 Å². The van der Waals surface area contributed by atoms with Gasteiger partial charge in [-0.15, -0.1) is 11.3 Å². The number of hydrogen-bond donors (Lipinski definition) is 3. The van der Waals surface area contributed by atoms with Gasteiger partial charge in [-0.25, -0.2) is 4.39 Å². The van der Waals surface area contributed by atoms with Gasteiger partial charge in [-0.2, -0.15) is 0 Å². The van der Waals surface area contributed by atoms with Gasteiger partial charge in [-0.1, -0.05) is 5.16 Å². The summed E-state index contributed by atoms with van der Waals surface area (Å²) in [5, 5.41) is 14.0. The Balaban J connectivity index is 2.32. The van der Waals surface area contributed by atoms with E-state index in [-0.39, 0.29) is 17.1 Å². The number of hydrogen-bond acceptors (Lipinski definition) is 5. The van der Waals surface area contributed by atoms with Gasteiger partial charge in [0.15, 0.2) is 5.84 Å². The van der Waals surface area contributed by atoms with E-state index in [0.29, 0.717) is 4.88 Å². The molecule has 0 aliphatic rings. The van der Waals surface area contributed by atoms with E-state index in [9.17, 15) is 9.18 Å². The second-order valence-corrected chi connectivity index (χ2v) is 4.38. The maximum atomic E-state index is 13.1. The normalized spacial score (nSPS) is 11.3. The van der Waals surface area contributed by atoms with E-state index >= 15 is 0 Å². The first-order valence-corrected chi connectivity index (χ1v) is 5.97. The molecular formula is C11H9FN4O2S. The van der Waals surface area contributed by atoms with Crippen LogP contribution in [0.4, 0.5) is 10.1 Å². The fraction of sp³-hybridized carbons (Fsp3) is 0. The van der Waals surface area contributed by atoms with Crippen molar-refractivity contribution in [2.24, 2.45) is 10.9 Å². The highest BCUT2D eigenvalue weighted by molar-refractivity contribution is 7.11. The zero-order valence-corrected chi connectivity index (χ0v) is 10.3. The molecule has 1 aromatic heterocycles. The maximum absolute atomic E-state index is 13.1. The molecule has 0 atom stereocenters. The Hall–Kier alpha value is -2.48. The number of carbonyl (C=O) groups is 1. The molecule has 0 aliphatic heterocycles. The van der Waals surface area contributed by atoms with E-state index in [2.05, 4.69) is 15.5 Å². The van der Waals surface area contributed by atoms with Crippen LogP contribution in [0.3, 0.4) is 0 Å². The number of nitrogens with two attached hydrogens (primary N) is 1. The lowest BCUT2D eigenvalue weighted by molar-refractivity contribution is 0.103. The summed E-state index contributed by atoms with van der Waals surface area (Å²) in [7, 11) is 0. The van der Waals surface area contributed by atoms with Gasteiger partial charge in [0, 0.05) is 5.56 Å². The minimum atomic E-state index is -0.558. The van der Waals surface area contributed by atoms with Crippen LogP contribution >= 0.6 is 11.3 Å². The quantitative estimate of drug-likeness (QED) is 0.344. The highest BCUT2D eigenvalue weighted by Crippen LogP contribution is 2.18. The molecule has 1 heterocycles. The zero-order valence-electron chi connectivity index (χ0n) is 9.50. The van der Waals surface area contributed by atoms with Crippen LogP contribution in [0.5, 0.6) is 0 Å². The molecule has 8 heteroatoms. The minimum Gasteiger partial charge on any atom is -0.409 e. The summed E-state index contributed by atoms with van der Waals surface area (Å²) in [4.78, 5) is 16.0. The van der Waals surface area contributed by atoms with Crippen LogP contribution < -0.4 is 11.1 Å². The third kappa shape index (κ3) is 2.86. The Bertz CT molecular complexity index is 628. The van der Waals surface area contributed by atoms with Crippen LogP contribution in [0.1, 0.15) is 15.2 Å². The van der Waals surface area contributed by atoms with Crippen LogP contribution in [0.25, 0.3) is 0 Å². The smallest absolute Gasteiger partial charge is 0.267 e. The first kappa shape index (κ1) is 13.0. The summed E-state index contributed by atoms with van der Waals surface area (Å²) in [6, 6.07) is 3.56. The number of aromatic nitrogens is 1. The van der Waals surface area contributed by atoms with Gasteiger partial charge in [0.1, 0.15) is 10.7 Å². The van der Waals surface area contributed by atoms with E-state index < -0.39 is 11.7 Å². The van der Waals surface area contributed by atoms with Crippen molar-refractivity contribution < 1.29 is 14.4 Å². The third-order valence-corrected chi connectivity index (χ3v) is 3.04. The highest BCUT2D eigenvalue weighted by atomic mass is 32.1.